The highest BCUT2D eigenvalue weighted by Gasteiger charge is 1.92. The highest BCUT2D eigenvalue weighted by atomic mass is 16.2. The number of aryl methyl sites for hydroxylation is 3. The second-order valence-corrected chi connectivity index (χ2v) is 2.18. The summed E-state index contributed by atoms with van der Waals surface area (Å²) in [6.45, 7) is 5.87. The van der Waals surface area contributed by atoms with Crippen LogP contribution in [-0.2, 0) is 0 Å². The van der Waals surface area contributed by atoms with Gasteiger partial charge in [-0.05, 0) is 20.8 Å². The average molecular weight is 154 g/mol. The number of hydrogen-bond acceptors (Lipinski definition) is 3. The van der Waals surface area contributed by atoms with E-state index < -0.39 is 0 Å². The van der Waals surface area contributed by atoms with E-state index in [1.54, 1.807) is 6.20 Å². The fourth-order valence-corrected chi connectivity index (χ4v) is 0.658. The lowest BCUT2D eigenvalue weighted by molar-refractivity contribution is 0.399. The van der Waals surface area contributed by atoms with Crippen molar-refractivity contribution < 1.29 is 5.11 Å². The smallest absolute Gasteiger partial charge is 0.0588 e. The van der Waals surface area contributed by atoms with Crippen molar-refractivity contribution in [3.8, 4) is 0 Å². The molecular formula is C8H14N2O. The van der Waals surface area contributed by atoms with Crippen LogP contribution < -0.4 is 0 Å². The van der Waals surface area contributed by atoms with Crippen LogP contribution in [0.5, 0.6) is 0 Å². The number of aliphatic hydroxyl groups is 1. The monoisotopic (exact) mass is 154 g/mol. The molecule has 62 valence electrons. The molecule has 0 aromatic carbocycles. The number of rotatable bonds is 0. The summed E-state index contributed by atoms with van der Waals surface area (Å²) in [5.74, 6) is 0. The molecule has 0 saturated heterocycles. The fourth-order valence-electron chi connectivity index (χ4n) is 0.658. The zero-order valence-corrected chi connectivity index (χ0v) is 7.42. The maximum Gasteiger partial charge on any atom is 0.0588 e. The zero-order chi connectivity index (χ0) is 8.85. The molecule has 0 aliphatic heterocycles. The minimum Gasteiger partial charge on any atom is -0.400 e. The Bertz CT molecular complexity index is 223. The van der Waals surface area contributed by atoms with Crippen LogP contribution in [0.25, 0.3) is 0 Å². The van der Waals surface area contributed by atoms with Crippen LogP contribution in [0.2, 0.25) is 0 Å². The van der Waals surface area contributed by atoms with Gasteiger partial charge in [-0.15, -0.1) is 0 Å². The van der Waals surface area contributed by atoms with E-state index >= 15 is 0 Å². The summed E-state index contributed by atoms with van der Waals surface area (Å²) in [7, 11) is 1.00. The molecule has 11 heavy (non-hydrogen) atoms. The van der Waals surface area contributed by atoms with E-state index in [2.05, 4.69) is 9.97 Å². The Morgan fingerprint density at radius 3 is 2.00 bits per heavy atom. The topological polar surface area (TPSA) is 46.0 Å². The third-order valence-corrected chi connectivity index (χ3v) is 1.31. The summed E-state index contributed by atoms with van der Waals surface area (Å²) in [4.78, 5) is 8.33. The van der Waals surface area contributed by atoms with E-state index in [0.717, 1.165) is 24.2 Å². The van der Waals surface area contributed by atoms with Gasteiger partial charge < -0.3 is 5.11 Å². The van der Waals surface area contributed by atoms with Crippen LogP contribution in [0.1, 0.15) is 17.1 Å². The van der Waals surface area contributed by atoms with E-state index in [4.69, 9.17) is 5.11 Å². The van der Waals surface area contributed by atoms with Gasteiger partial charge in [-0.1, -0.05) is 0 Å². The van der Waals surface area contributed by atoms with Crippen LogP contribution in [0.4, 0.5) is 0 Å². The lowest BCUT2D eigenvalue weighted by atomic mass is 10.3. The molecule has 3 nitrogen and oxygen atoms in total. The number of nitrogens with zero attached hydrogens (tertiary/aromatic N) is 2. The predicted octanol–water partition coefficient (Wildman–Crippen LogP) is 1.01. The highest BCUT2D eigenvalue weighted by Crippen LogP contribution is 1.98. The molecule has 0 aliphatic rings. The molecular weight excluding hydrogens is 140 g/mol. The van der Waals surface area contributed by atoms with Crippen LogP contribution in [-0.4, -0.2) is 22.2 Å². The van der Waals surface area contributed by atoms with Gasteiger partial charge in [0, 0.05) is 13.3 Å². The normalized spacial score (nSPS) is 8.45. The Morgan fingerprint density at radius 2 is 1.64 bits per heavy atom. The van der Waals surface area contributed by atoms with Gasteiger partial charge in [0.1, 0.15) is 0 Å². The quantitative estimate of drug-likeness (QED) is 0.606. The highest BCUT2D eigenvalue weighted by molar-refractivity contribution is 5.09. The van der Waals surface area contributed by atoms with Crippen LogP contribution in [0.3, 0.4) is 0 Å². The summed E-state index contributed by atoms with van der Waals surface area (Å²) in [5, 5.41) is 7.00. The summed E-state index contributed by atoms with van der Waals surface area (Å²) in [5.41, 5.74) is 3.02. The van der Waals surface area contributed by atoms with Crippen molar-refractivity contribution in [1.29, 1.82) is 0 Å². The Balaban J connectivity index is 0.000000461. The summed E-state index contributed by atoms with van der Waals surface area (Å²) in [6.07, 6.45) is 1.78. The maximum atomic E-state index is 7.00. The van der Waals surface area contributed by atoms with Crippen molar-refractivity contribution in [2.24, 2.45) is 0 Å². The van der Waals surface area contributed by atoms with Crippen LogP contribution >= 0.6 is 0 Å². The van der Waals surface area contributed by atoms with E-state index in [0.29, 0.717) is 0 Å². The summed E-state index contributed by atoms with van der Waals surface area (Å²) in [6, 6.07) is 0. The van der Waals surface area contributed by atoms with Gasteiger partial charge in [0.25, 0.3) is 0 Å². The Morgan fingerprint density at radius 1 is 1.09 bits per heavy atom. The molecule has 0 aliphatic carbocycles. The molecule has 3 heteroatoms. The molecule has 1 heterocycles. The second kappa shape index (κ2) is 4.79. The van der Waals surface area contributed by atoms with Crippen molar-refractivity contribution in [3.05, 3.63) is 23.3 Å². The van der Waals surface area contributed by atoms with Crippen molar-refractivity contribution in [2.75, 3.05) is 7.11 Å². The first-order valence-electron chi connectivity index (χ1n) is 3.41. The number of hydrogen-bond donors (Lipinski definition) is 1. The molecule has 1 rings (SSSR count). The van der Waals surface area contributed by atoms with Crippen molar-refractivity contribution in [3.63, 3.8) is 0 Å². The van der Waals surface area contributed by atoms with Gasteiger partial charge in [-0.3, -0.25) is 9.97 Å². The molecule has 0 bridgehead atoms. The molecule has 0 radical (unpaired) electrons. The molecule has 0 amide bonds. The summed E-state index contributed by atoms with van der Waals surface area (Å²) >= 11 is 0. The largest absolute Gasteiger partial charge is 0.400 e. The summed E-state index contributed by atoms with van der Waals surface area (Å²) < 4.78 is 0. The van der Waals surface area contributed by atoms with Crippen molar-refractivity contribution >= 4 is 0 Å². The van der Waals surface area contributed by atoms with E-state index in [1.807, 2.05) is 20.8 Å². The van der Waals surface area contributed by atoms with Gasteiger partial charge in [0.05, 0.1) is 17.1 Å². The molecule has 0 unspecified atom stereocenters. The molecule has 0 fully saturated rings. The molecule has 1 N–H and O–H groups in total. The molecule has 0 saturated carbocycles. The number of aromatic nitrogens is 2. The first-order valence-corrected chi connectivity index (χ1v) is 3.41. The zero-order valence-electron chi connectivity index (χ0n) is 7.42. The van der Waals surface area contributed by atoms with Gasteiger partial charge in [-0.2, -0.15) is 0 Å². The third kappa shape index (κ3) is 3.09. The number of aliphatic hydroxyl groups excluding tert-OH is 1. The van der Waals surface area contributed by atoms with Gasteiger partial charge >= 0.3 is 0 Å². The molecule has 0 atom stereocenters. The second-order valence-electron chi connectivity index (χ2n) is 2.18. The molecule has 0 spiro atoms. The third-order valence-electron chi connectivity index (χ3n) is 1.31. The maximum absolute atomic E-state index is 7.00. The van der Waals surface area contributed by atoms with Gasteiger partial charge in [0.15, 0.2) is 0 Å². The van der Waals surface area contributed by atoms with E-state index in [-0.39, 0.29) is 0 Å². The van der Waals surface area contributed by atoms with Gasteiger partial charge in [0.2, 0.25) is 0 Å². The lowest BCUT2D eigenvalue weighted by Gasteiger charge is -1.96. The van der Waals surface area contributed by atoms with Crippen molar-refractivity contribution in [2.45, 2.75) is 20.8 Å². The van der Waals surface area contributed by atoms with Crippen LogP contribution in [0, 0.1) is 20.8 Å². The minimum absolute atomic E-state index is 0.984. The van der Waals surface area contributed by atoms with Gasteiger partial charge in [-0.25, -0.2) is 0 Å². The lowest BCUT2D eigenvalue weighted by Crippen LogP contribution is -1.92. The Labute approximate surface area is 67.1 Å². The standard InChI is InChI=1S/C7H10N2.CH4O/c1-5-4-8-6(2)7(3)9-5;1-2/h4H,1-3H3;2H,1H3. The predicted molar refractivity (Wildman–Crippen MR) is 44.4 cm³/mol. The Kier molecular flexibility index (Phi) is 4.38. The van der Waals surface area contributed by atoms with Crippen molar-refractivity contribution in [1.82, 2.24) is 9.97 Å². The van der Waals surface area contributed by atoms with E-state index in [9.17, 15) is 0 Å². The first kappa shape index (κ1) is 10.0. The minimum atomic E-state index is 0.984. The average Bonchev–Trinajstić information content (AvgIpc) is 2.02. The van der Waals surface area contributed by atoms with E-state index in [1.165, 1.54) is 0 Å². The first-order chi connectivity index (χ1) is 5.20. The van der Waals surface area contributed by atoms with Crippen LogP contribution in [0.15, 0.2) is 6.20 Å². The molecule has 1 aromatic heterocycles. The fraction of sp³-hybridized carbons (Fsp3) is 0.500. The molecule has 1 aromatic rings. The SMILES string of the molecule is CO.Cc1cnc(C)c(C)n1. The Hall–Kier alpha value is -0.960.